The highest BCUT2D eigenvalue weighted by molar-refractivity contribution is 5.94. The largest absolute Gasteiger partial charge is 0.484 e. The van der Waals surface area contributed by atoms with E-state index in [9.17, 15) is 14.0 Å². The molecule has 2 aromatic carbocycles. The molecule has 31 heavy (non-hydrogen) atoms. The number of rotatable bonds is 9. The summed E-state index contributed by atoms with van der Waals surface area (Å²) < 4.78 is 19.4. The van der Waals surface area contributed by atoms with E-state index in [1.165, 1.54) is 13.0 Å². The lowest BCUT2D eigenvalue weighted by Crippen LogP contribution is -2.43. The van der Waals surface area contributed by atoms with E-state index in [1.807, 2.05) is 19.2 Å². The molecule has 1 saturated heterocycles. The van der Waals surface area contributed by atoms with Crippen LogP contribution in [0, 0.1) is 11.7 Å². The molecule has 0 spiro atoms. The van der Waals surface area contributed by atoms with Gasteiger partial charge in [-0.05, 0) is 74.5 Å². The maximum atomic E-state index is 13.8. The summed E-state index contributed by atoms with van der Waals surface area (Å²) in [5, 5.41) is 0. The Morgan fingerprint density at radius 1 is 1.16 bits per heavy atom. The molecule has 0 N–H and O–H groups in total. The molecule has 166 valence electrons. The Bertz CT molecular complexity index is 885. The van der Waals surface area contributed by atoms with Crippen LogP contribution in [0.1, 0.15) is 35.7 Å². The third-order valence-corrected chi connectivity index (χ3v) is 5.84. The van der Waals surface area contributed by atoms with Crippen LogP contribution in [0.3, 0.4) is 0 Å². The van der Waals surface area contributed by atoms with Crippen molar-refractivity contribution in [2.24, 2.45) is 5.92 Å². The summed E-state index contributed by atoms with van der Waals surface area (Å²) in [6, 6.07) is 13.8. The van der Waals surface area contributed by atoms with Crippen LogP contribution < -0.4 is 4.74 Å². The summed E-state index contributed by atoms with van der Waals surface area (Å²) in [6.07, 6.45) is 2.87. The van der Waals surface area contributed by atoms with E-state index in [-0.39, 0.29) is 24.1 Å². The molecule has 0 aromatic heterocycles. The molecule has 0 bridgehead atoms. The van der Waals surface area contributed by atoms with Gasteiger partial charge in [-0.3, -0.25) is 9.59 Å². The molecule has 1 amide bonds. The van der Waals surface area contributed by atoms with Crippen molar-refractivity contribution in [2.75, 3.05) is 39.8 Å². The minimum atomic E-state index is -0.141. The molecule has 1 aliphatic rings. The second-order valence-corrected chi connectivity index (χ2v) is 8.29. The molecular formula is C25H31FN2O3. The van der Waals surface area contributed by atoms with Crippen molar-refractivity contribution in [1.82, 2.24) is 9.80 Å². The smallest absolute Gasteiger partial charge is 0.260 e. The molecule has 3 rings (SSSR count). The normalized spacial score (nSPS) is 16.7. The molecule has 2 aromatic rings. The number of benzene rings is 2. The maximum Gasteiger partial charge on any atom is 0.260 e. The zero-order valence-corrected chi connectivity index (χ0v) is 18.4. The number of ether oxygens (including phenoxy) is 1. The second kappa shape index (κ2) is 11.0. The van der Waals surface area contributed by atoms with E-state index in [4.69, 9.17) is 4.74 Å². The van der Waals surface area contributed by atoms with Crippen LogP contribution in [0.15, 0.2) is 48.5 Å². The number of hydrogen-bond acceptors (Lipinski definition) is 4. The van der Waals surface area contributed by atoms with Gasteiger partial charge in [0.2, 0.25) is 0 Å². The number of hydrogen-bond donors (Lipinski definition) is 0. The summed E-state index contributed by atoms with van der Waals surface area (Å²) in [6.45, 7) is 4.93. The van der Waals surface area contributed by atoms with Gasteiger partial charge < -0.3 is 14.5 Å². The van der Waals surface area contributed by atoms with Crippen LogP contribution in [0.4, 0.5) is 4.39 Å². The maximum absolute atomic E-state index is 13.8. The molecule has 0 unspecified atom stereocenters. The number of piperidine rings is 1. The number of likely N-dealkylation sites (N-methyl/N-ethyl adjacent to an activating group) is 1. The molecule has 1 fully saturated rings. The molecule has 1 aliphatic heterocycles. The highest BCUT2D eigenvalue weighted by Crippen LogP contribution is 2.19. The lowest BCUT2D eigenvalue weighted by Gasteiger charge is -2.34. The highest BCUT2D eigenvalue weighted by atomic mass is 19.1. The van der Waals surface area contributed by atoms with E-state index < -0.39 is 0 Å². The second-order valence-electron chi connectivity index (χ2n) is 8.29. The van der Waals surface area contributed by atoms with E-state index in [2.05, 4.69) is 4.90 Å². The zero-order valence-electron chi connectivity index (χ0n) is 18.4. The van der Waals surface area contributed by atoms with Gasteiger partial charge in [-0.25, -0.2) is 4.39 Å². The Labute approximate surface area is 183 Å². The van der Waals surface area contributed by atoms with Crippen LogP contribution in [0.2, 0.25) is 0 Å². The third kappa shape index (κ3) is 6.89. The van der Waals surface area contributed by atoms with Gasteiger partial charge in [0.1, 0.15) is 11.6 Å². The number of carbonyl (C=O) groups is 2. The first-order valence-electron chi connectivity index (χ1n) is 10.9. The summed E-state index contributed by atoms with van der Waals surface area (Å²) in [7, 11) is 1.81. The number of ketones is 1. The van der Waals surface area contributed by atoms with Crippen molar-refractivity contribution >= 4 is 11.7 Å². The van der Waals surface area contributed by atoms with Gasteiger partial charge in [0.15, 0.2) is 12.4 Å². The summed E-state index contributed by atoms with van der Waals surface area (Å²) in [5.74, 6) is 0.760. The average Bonchev–Trinajstić information content (AvgIpc) is 2.77. The SMILES string of the molecule is CC(=O)c1ccc(OCC(=O)N(C)C[C@H]2CCCN(CCc3ccccc3F)C2)cc1. The van der Waals surface area contributed by atoms with Crippen LogP contribution in [0.25, 0.3) is 0 Å². The molecule has 0 aliphatic carbocycles. The summed E-state index contributed by atoms with van der Waals surface area (Å²) >= 11 is 0. The first-order valence-corrected chi connectivity index (χ1v) is 10.9. The molecule has 5 nitrogen and oxygen atoms in total. The Kier molecular flexibility index (Phi) is 8.18. The Balaban J connectivity index is 1.42. The Morgan fingerprint density at radius 2 is 1.90 bits per heavy atom. The third-order valence-electron chi connectivity index (χ3n) is 5.84. The summed E-state index contributed by atoms with van der Waals surface area (Å²) in [5.41, 5.74) is 1.37. The van der Waals surface area contributed by atoms with Crippen molar-refractivity contribution in [2.45, 2.75) is 26.2 Å². The quantitative estimate of drug-likeness (QED) is 0.572. The molecule has 6 heteroatoms. The van der Waals surface area contributed by atoms with Gasteiger partial charge in [-0.1, -0.05) is 18.2 Å². The minimum absolute atomic E-state index is 0.00205. The summed E-state index contributed by atoms with van der Waals surface area (Å²) in [4.78, 5) is 27.9. The molecular weight excluding hydrogens is 395 g/mol. The first kappa shape index (κ1) is 22.9. The van der Waals surface area contributed by atoms with E-state index in [0.717, 1.165) is 38.0 Å². The zero-order chi connectivity index (χ0) is 22.2. The number of amides is 1. The Morgan fingerprint density at radius 3 is 2.61 bits per heavy atom. The number of halogens is 1. The fourth-order valence-corrected chi connectivity index (χ4v) is 4.01. The lowest BCUT2D eigenvalue weighted by molar-refractivity contribution is -0.132. The van der Waals surface area contributed by atoms with E-state index in [0.29, 0.717) is 30.2 Å². The molecule has 1 atom stereocenters. The van der Waals surface area contributed by atoms with Crippen molar-refractivity contribution in [3.8, 4) is 5.75 Å². The van der Waals surface area contributed by atoms with Gasteiger partial charge in [0.25, 0.3) is 5.91 Å². The van der Waals surface area contributed by atoms with Crippen LogP contribution in [-0.4, -0.2) is 61.3 Å². The monoisotopic (exact) mass is 426 g/mol. The van der Waals surface area contributed by atoms with E-state index in [1.54, 1.807) is 35.2 Å². The predicted molar refractivity (Wildman–Crippen MR) is 119 cm³/mol. The van der Waals surface area contributed by atoms with Crippen molar-refractivity contribution in [3.05, 3.63) is 65.5 Å². The molecule has 0 radical (unpaired) electrons. The Hall–Kier alpha value is -2.73. The highest BCUT2D eigenvalue weighted by Gasteiger charge is 2.23. The van der Waals surface area contributed by atoms with Gasteiger partial charge in [0, 0.05) is 32.2 Å². The van der Waals surface area contributed by atoms with Crippen LogP contribution in [0.5, 0.6) is 5.75 Å². The average molecular weight is 427 g/mol. The standard InChI is InChI=1S/C25H31FN2O3/c1-19(29)21-9-11-23(12-10-21)31-18-25(30)27(2)16-20-6-5-14-28(17-20)15-13-22-7-3-4-8-24(22)26/h3-4,7-12,20H,5-6,13-18H2,1-2H3/t20-/m1/s1. The fraction of sp³-hybridized carbons (Fsp3) is 0.440. The van der Waals surface area contributed by atoms with Crippen LogP contribution in [-0.2, 0) is 11.2 Å². The number of Topliss-reactive ketones (excluding diaryl/α,β-unsaturated/α-hetero) is 1. The van der Waals surface area contributed by atoms with Crippen molar-refractivity contribution in [3.63, 3.8) is 0 Å². The van der Waals surface area contributed by atoms with Gasteiger partial charge >= 0.3 is 0 Å². The molecule has 0 saturated carbocycles. The number of carbonyl (C=O) groups excluding carboxylic acids is 2. The first-order chi connectivity index (χ1) is 14.9. The van der Waals surface area contributed by atoms with Gasteiger partial charge in [-0.2, -0.15) is 0 Å². The number of nitrogens with zero attached hydrogens (tertiary/aromatic N) is 2. The van der Waals surface area contributed by atoms with Crippen molar-refractivity contribution < 1.29 is 18.7 Å². The van der Waals surface area contributed by atoms with Gasteiger partial charge in [-0.15, -0.1) is 0 Å². The van der Waals surface area contributed by atoms with E-state index >= 15 is 0 Å². The minimum Gasteiger partial charge on any atom is -0.484 e. The molecule has 1 heterocycles. The van der Waals surface area contributed by atoms with Crippen molar-refractivity contribution in [1.29, 1.82) is 0 Å². The van der Waals surface area contributed by atoms with Crippen LogP contribution >= 0.6 is 0 Å². The predicted octanol–water partition coefficient (Wildman–Crippen LogP) is 3.82. The topological polar surface area (TPSA) is 49.9 Å². The van der Waals surface area contributed by atoms with Gasteiger partial charge in [0.05, 0.1) is 0 Å². The number of likely N-dealkylation sites (tertiary alicyclic amines) is 1. The lowest BCUT2D eigenvalue weighted by atomic mass is 9.97. The fourth-order valence-electron chi connectivity index (χ4n) is 4.01.